The van der Waals surface area contributed by atoms with E-state index in [1.54, 1.807) is 12.1 Å². The summed E-state index contributed by atoms with van der Waals surface area (Å²) in [6.07, 6.45) is 0.867. The average Bonchev–Trinajstić information content (AvgIpc) is 3.33. The van der Waals surface area contributed by atoms with Crippen LogP contribution < -0.4 is 0 Å². The van der Waals surface area contributed by atoms with Crippen LogP contribution in [0.1, 0.15) is 23.2 Å². The molecule has 3 aromatic rings. The molecule has 1 aliphatic heterocycles. The van der Waals surface area contributed by atoms with Gasteiger partial charge in [0.05, 0.1) is 5.52 Å². The van der Waals surface area contributed by atoms with Crippen molar-refractivity contribution in [3.8, 4) is 0 Å². The Hall–Kier alpha value is -3.22. The number of carbonyl (C=O) groups excluding carboxylic acids is 2. The Kier molecular flexibility index (Phi) is 4.35. The van der Waals surface area contributed by atoms with Gasteiger partial charge in [-0.3, -0.25) is 9.69 Å². The summed E-state index contributed by atoms with van der Waals surface area (Å²) in [6, 6.07) is 16.1. The van der Waals surface area contributed by atoms with Crippen LogP contribution in [0.4, 0.5) is 4.79 Å². The molecule has 132 valence electrons. The molecule has 1 saturated heterocycles. The summed E-state index contributed by atoms with van der Waals surface area (Å²) in [7, 11) is 0. The number of rotatable bonds is 3. The third-order valence-corrected chi connectivity index (χ3v) is 4.54. The number of likely N-dealkylation sites (tertiary alicyclic amines) is 1. The summed E-state index contributed by atoms with van der Waals surface area (Å²) in [6.45, 7) is 0.681. The predicted molar refractivity (Wildman–Crippen MR) is 94.5 cm³/mol. The van der Waals surface area contributed by atoms with E-state index in [1.165, 1.54) is 9.58 Å². The number of aromatic nitrogens is 3. The Labute approximate surface area is 150 Å². The first-order valence-corrected chi connectivity index (χ1v) is 8.56. The molecule has 0 spiro atoms. The number of ether oxygens (including phenoxy) is 1. The molecule has 1 aliphatic rings. The number of amides is 1. The molecule has 1 fully saturated rings. The van der Waals surface area contributed by atoms with E-state index in [-0.39, 0.29) is 12.5 Å². The molecule has 0 N–H and O–H groups in total. The van der Waals surface area contributed by atoms with Crippen molar-refractivity contribution in [1.29, 1.82) is 0 Å². The monoisotopic (exact) mass is 350 g/mol. The SMILES string of the molecule is O=C(OCc1ccccc1)N1CCC[C@@H]1C(=O)n1nnc2ccccc21. The van der Waals surface area contributed by atoms with E-state index in [2.05, 4.69) is 10.3 Å². The van der Waals surface area contributed by atoms with Crippen molar-refractivity contribution < 1.29 is 14.3 Å². The van der Waals surface area contributed by atoms with E-state index in [0.29, 0.717) is 24.0 Å². The second kappa shape index (κ2) is 6.95. The summed E-state index contributed by atoms with van der Waals surface area (Å²) >= 11 is 0. The van der Waals surface area contributed by atoms with Gasteiger partial charge < -0.3 is 4.74 Å². The first kappa shape index (κ1) is 16.3. The fourth-order valence-electron chi connectivity index (χ4n) is 3.22. The minimum Gasteiger partial charge on any atom is -0.445 e. The first-order chi connectivity index (χ1) is 12.7. The molecule has 7 nitrogen and oxygen atoms in total. The van der Waals surface area contributed by atoms with Gasteiger partial charge in [-0.25, -0.2) is 4.79 Å². The largest absolute Gasteiger partial charge is 0.445 e. The van der Waals surface area contributed by atoms with E-state index >= 15 is 0 Å². The maximum atomic E-state index is 12.9. The Morgan fingerprint density at radius 2 is 1.85 bits per heavy atom. The van der Waals surface area contributed by atoms with Crippen LogP contribution >= 0.6 is 0 Å². The fraction of sp³-hybridized carbons (Fsp3) is 0.263. The molecule has 4 rings (SSSR count). The van der Waals surface area contributed by atoms with Crippen LogP contribution in [0, 0.1) is 0 Å². The minimum absolute atomic E-state index is 0.184. The maximum Gasteiger partial charge on any atom is 0.410 e. The average molecular weight is 350 g/mol. The zero-order valence-electron chi connectivity index (χ0n) is 14.1. The highest BCUT2D eigenvalue weighted by atomic mass is 16.6. The van der Waals surface area contributed by atoms with E-state index < -0.39 is 12.1 Å². The Morgan fingerprint density at radius 3 is 2.69 bits per heavy atom. The molecule has 2 heterocycles. The molecular formula is C19H18N4O3. The van der Waals surface area contributed by atoms with Gasteiger partial charge in [-0.05, 0) is 30.5 Å². The Morgan fingerprint density at radius 1 is 1.08 bits per heavy atom. The van der Waals surface area contributed by atoms with Gasteiger partial charge in [0.1, 0.15) is 18.2 Å². The van der Waals surface area contributed by atoms with Crippen molar-refractivity contribution in [3.05, 3.63) is 60.2 Å². The van der Waals surface area contributed by atoms with Gasteiger partial charge in [0.2, 0.25) is 0 Å². The number of hydrogen-bond acceptors (Lipinski definition) is 5. The maximum absolute atomic E-state index is 12.9. The molecule has 1 aromatic heterocycles. The van der Waals surface area contributed by atoms with Crippen LogP contribution in [0.25, 0.3) is 11.0 Å². The summed E-state index contributed by atoms with van der Waals surface area (Å²) in [5.41, 5.74) is 2.20. The third-order valence-electron chi connectivity index (χ3n) is 4.54. The summed E-state index contributed by atoms with van der Waals surface area (Å²) in [5.74, 6) is -0.257. The number of carbonyl (C=O) groups is 2. The highest BCUT2D eigenvalue weighted by Crippen LogP contribution is 2.22. The molecular weight excluding hydrogens is 332 g/mol. The quantitative estimate of drug-likeness (QED) is 0.726. The molecule has 0 radical (unpaired) electrons. The molecule has 1 atom stereocenters. The second-order valence-corrected chi connectivity index (χ2v) is 6.22. The standard InChI is InChI=1S/C19H18N4O3/c24-18(23-16-10-5-4-9-15(16)20-21-23)17-11-6-12-22(17)19(25)26-13-14-7-2-1-3-8-14/h1-5,7-10,17H,6,11-13H2/t17-/m1/s1. The van der Waals surface area contributed by atoms with Gasteiger partial charge in [-0.1, -0.05) is 47.7 Å². The smallest absolute Gasteiger partial charge is 0.410 e. The van der Waals surface area contributed by atoms with Gasteiger partial charge in [-0.15, -0.1) is 5.10 Å². The molecule has 26 heavy (non-hydrogen) atoms. The molecule has 0 bridgehead atoms. The third kappa shape index (κ3) is 3.03. The molecule has 0 unspecified atom stereocenters. The van der Waals surface area contributed by atoms with Crippen molar-refractivity contribution in [2.75, 3.05) is 6.54 Å². The number of benzene rings is 2. The van der Waals surface area contributed by atoms with Crippen LogP contribution in [-0.2, 0) is 11.3 Å². The van der Waals surface area contributed by atoms with E-state index in [0.717, 1.165) is 12.0 Å². The van der Waals surface area contributed by atoms with Crippen LogP contribution in [0.5, 0.6) is 0 Å². The van der Waals surface area contributed by atoms with Crippen LogP contribution in [0.15, 0.2) is 54.6 Å². The zero-order valence-corrected chi connectivity index (χ0v) is 14.1. The summed E-state index contributed by atoms with van der Waals surface area (Å²) < 4.78 is 6.67. The number of hydrogen-bond donors (Lipinski definition) is 0. The van der Waals surface area contributed by atoms with Crippen molar-refractivity contribution >= 4 is 23.0 Å². The number of nitrogens with zero attached hydrogens (tertiary/aromatic N) is 4. The minimum atomic E-state index is -0.580. The lowest BCUT2D eigenvalue weighted by atomic mass is 10.2. The van der Waals surface area contributed by atoms with Crippen LogP contribution in [-0.4, -0.2) is 44.5 Å². The zero-order chi connectivity index (χ0) is 17.9. The lowest BCUT2D eigenvalue weighted by Gasteiger charge is -2.22. The lowest BCUT2D eigenvalue weighted by molar-refractivity contribution is 0.0665. The Bertz CT molecular complexity index is 938. The lowest BCUT2D eigenvalue weighted by Crippen LogP contribution is -2.43. The van der Waals surface area contributed by atoms with Crippen molar-refractivity contribution in [2.24, 2.45) is 0 Å². The van der Waals surface area contributed by atoms with Crippen LogP contribution in [0.2, 0.25) is 0 Å². The van der Waals surface area contributed by atoms with Gasteiger partial charge in [0.15, 0.2) is 0 Å². The van der Waals surface area contributed by atoms with Gasteiger partial charge in [0.25, 0.3) is 5.91 Å². The summed E-state index contributed by atoms with van der Waals surface area (Å²) in [4.78, 5) is 26.9. The van der Waals surface area contributed by atoms with Crippen molar-refractivity contribution in [2.45, 2.75) is 25.5 Å². The van der Waals surface area contributed by atoms with Gasteiger partial charge in [-0.2, -0.15) is 4.68 Å². The first-order valence-electron chi connectivity index (χ1n) is 8.56. The molecule has 0 saturated carbocycles. The summed E-state index contributed by atoms with van der Waals surface area (Å²) in [5, 5.41) is 7.98. The van der Waals surface area contributed by atoms with Gasteiger partial charge >= 0.3 is 6.09 Å². The number of fused-ring (bicyclic) bond motifs is 1. The number of para-hydroxylation sites is 1. The van der Waals surface area contributed by atoms with Gasteiger partial charge in [0, 0.05) is 6.54 Å². The molecule has 0 aliphatic carbocycles. The Balaban J connectivity index is 1.49. The highest BCUT2D eigenvalue weighted by Gasteiger charge is 2.36. The molecule has 7 heteroatoms. The molecule has 1 amide bonds. The van der Waals surface area contributed by atoms with E-state index in [9.17, 15) is 9.59 Å². The van der Waals surface area contributed by atoms with Crippen molar-refractivity contribution in [1.82, 2.24) is 19.9 Å². The topological polar surface area (TPSA) is 77.3 Å². The molecule has 2 aromatic carbocycles. The van der Waals surface area contributed by atoms with E-state index in [4.69, 9.17) is 4.74 Å². The highest BCUT2D eigenvalue weighted by molar-refractivity contribution is 5.93. The fourth-order valence-corrected chi connectivity index (χ4v) is 3.22. The second-order valence-electron chi connectivity index (χ2n) is 6.22. The van der Waals surface area contributed by atoms with Crippen molar-refractivity contribution in [3.63, 3.8) is 0 Å². The predicted octanol–water partition coefficient (Wildman–Crippen LogP) is 2.87. The van der Waals surface area contributed by atoms with Crippen LogP contribution in [0.3, 0.4) is 0 Å². The van der Waals surface area contributed by atoms with E-state index in [1.807, 2.05) is 42.5 Å². The normalized spacial score (nSPS) is 16.8.